The molecule has 1 aliphatic heterocycles. The largest absolute Gasteiger partial charge is 0.440 e. The standard InChI is InChI=1S/C10H17F3N2O2/c1-15-4-2-3-8(6-15)5-14-9(16)17-7-10(11,12)13/h8H,2-7H2,1H3,(H,14,16). The second kappa shape index (κ2) is 6.09. The van der Waals surface area contributed by atoms with Crippen molar-refractivity contribution in [3.05, 3.63) is 0 Å². The van der Waals surface area contributed by atoms with Gasteiger partial charge in [0.1, 0.15) is 0 Å². The number of alkyl carbamates (subject to hydrolysis) is 1. The molecule has 0 aromatic heterocycles. The third-order valence-corrected chi connectivity index (χ3v) is 2.62. The van der Waals surface area contributed by atoms with E-state index in [0.717, 1.165) is 25.9 Å². The van der Waals surface area contributed by atoms with Crippen LogP contribution in [-0.4, -0.2) is 50.5 Å². The van der Waals surface area contributed by atoms with Crippen molar-refractivity contribution >= 4 is 6.09 Å². The average molecular weight is 254 g/mol. The summed E-state index contributed by atoms with van der Waals surface area (Å²) in [5, 5.41) is 2.36. The van der Waals surface area contributed by atoms with Gasteiger partial charge in [-0.2, -0.15) is 13.2 Å². The molecule has 1 amide bonds. The van der Waals surface area contributed by atoms with Crippen LogP contribution in [0.3, 0.4) is 0 Å². The second-order valence-corrected chi connectivity index (χ2v) is 4.34. The zero-order valence-electron chi connectivity index (χ0n) is 9.72. The van der Waals surface area contributed by atoms with Gasteiger partial charge in [-0.1, -0.05) is 0 Å². The van der Waals surface area contributed by atoms with Crippen LogP contribution < -0.4 is 5.32 Å². The van der Waals surface area contributed by atoms with E-state index in [9.17, 15) is 18.0 Å². The number of halogens is 3. The lowest BCUT2D eigenvalue weighted by molar-refractivity contribution is -0.160. The molecule has 17 heavy (non-hydrogen) atoms. The summed E-state index contributed by atoms with van der Waals surface area (Å²) in [5.74, 6) is 0.284. The molecule has 1 atom stereocenters. The molecule has 0 spiro atoms. The van der Waals surface area contributed by atoms with Gasteiger partial charge in [0, 0.05) is 13.1 Å². The minimum absolute atomic E-state index is 0.284. The number of amides is 1. The van der Waals surface area contributed by atoms with E-state index in [4.69, 9.17) is 0 Å². The van der Waals surface area contributed by atoms with Gasteiger partial charge < -0.3 is 15.0 Å². The van der Waals surface area contributed by atoms with Crippen LogP contribution in [0.2, 0.25) is 0 Å². The fraction of sp³-hybridized carbons (Fsp3) is 0.900. The molecular weight excluding hydrogens is 237 g/mol. The smallest absolute Gasteiger partial charge is 0.422 e. The highest BCUT2D eigenvalue weighted by Crippen LogP contribution is 2.15. The molecule has 1 saturated heterocycles. The number of rotatable bonds is 3. The monoisotopic (exact) mass is 254 g/mol. The number of likely N-dealkylation sites (tertiary alicyclic amines) is 1. The predicted molar refractivity (Wildman–Crippen MR) is 55.6 cm³/mol. The molecule has 1 N–H and O–H groups in total. The van der Waals surface area contributed by atoms with Crippen LogP contribution >= 0.6 is 0 Å². The fourth-order valence-corrected chi connectivity index (χ4v) is 1.87. The van der Waals surface area contributed by atoms with Gasteiger partial charge in [0.05, 0.1) is 0 Å². The summed E-state index contributed by atoms with van der Waals surface area (Å²) in [6.45, 7) is 0.693. The molecule has 1 aliphatic rings. The Morgan fingerprint density at radius 3 is 2.82 bits per heavy atom. The van der Waals surface area contributed by atoms with E-state index in [0.29, 0.717) is 6.54 Å². The Morgan fingerprint density at radius 2 is 2.24 bits per heavy atom. The first kappa shape index (κ1) is 14.1. The zero-order valence-corrected chi connectivity index (χ0v) is 9.72. The highest BCUT2D eigenvalue weighted by molar-refractivity contribution is 5.67. The van der Waals surface area contributed by atoms with Crippen molar-refractivity contribution in [1.29, 1.82) is 0 Å². The lowest BCUT2D eigenvalue weighted by atomic mass is 9.99. The van der Waals surface area contributed by atoms with Gasteiger partial charge in [-0.25, -0.2) is 4.79 Å². The van der Waals surface area contributed by atoms with Gasteiger partial charge in [0.15, 0.2) is 6.61 Å². The molecule has 4 nitrogen and oxygen atoms in total. The van der Waals surface area contributed by atoms with Crippen LogP contribution in [0.15, 0.2) is 0 Å². The van der Waals surface area contributed by atoms with E-state index < -0.39 is 18.9 Å². The van der Waals surface area contributed by atoms with Gasteiger partial charge in [-0.3, -0.25) is 0 Å². The maximum Gasteiger partial charge on any atom is 0.422 e. The van der Waals surface area contributed by atoms with Gasteiger partial charge in [0.2, 0.25) is 0 Å². The van der Waals surface area contributed by atoms with Crippen LogP contribution in [0.4, 0.5) is 18.0 Å². The fourth-order valence-electron chi connectivity index (χ4n) is 1.87. The Labute approximate surface area is 98.1 Å². The Morgan fingerprint density at radius 1 is 1.53 bits per heavy atom. The summed E-state index contributed by atoms with van der Waals surface area (Å²) in [4.78, 5) is 13.1. The number of alkyl halides is 3. The summed E-state index contributed by atoms with van der Waals surface area (Å²) >= 11 is 0. The van der Waals surface area contributed by atoms with Crippen molar-refractivity contribution in [2.45, 2.75) is 19.0 Å². The van der Waals surface area contributed by atoms with E-state index in [1.807, 2.05) is 7.05 Å². The number of ether oxygens (including phenoxy) is 1. The number of carbonyl (C=O) groups is 1. The van der Waals surface area contributed by atoms with Crippen molar-refractivity contribution in [3.8, 4) is 0 Å². The predicted octanol–water partition coefficient (Wildman–Crippen LogP) is 1.62. The van der Waals surface area contributed by atoms with Gasteiger partial charge in [-0.05, 0) is 32.4 Å². The van der Waals surface area contributed by atoms with Crippen LogP contribution in [-0.2, 0) is 4.74 Å². The van der Waals surface area contributed by atoms with E-state index in [2.05, 4.69) is 15.0 Å². The normalized spacial score (nSPS) is 22.2. The summed E-state index contributed by atoms with van der Waals surface area (Å²) < 4.78 is 39.3. The number of carbonyl (C=O) groups excluding carboxylic acids is 1. The quantitative estimate of drug-likeness (QED) is 0.832. The Kier molecular flexibility index (Phi) is 5.04. The van der Waals surface area contributed by atoms with E-state index in [1.165, 1.54) is 0 Å². The Bertz CT molecular complexity index is 258. The molecule has 1 rings (SSSR count). The number of nitrogens with zero attached hydrogens (tertiary/aromatic N) is 1. The highest BCUT2D eigenvalue weighted by Gasteiger charge is 2.29. The SMILES string of the molecule is CN1CCCC(CNC(=O)OCC(F)(F)F)C1. The summed E-state index contributed by atoms with van der Waals surface area (Å²) in [6.07, 6.45) is -3.46. The molecule has 1 heterocycles. The van der Waals surface area contributed by atoms with Gasteiger partial charge in [0.25, 0.3) is 0 Å². The van der Waals surface area contributed by atoms with Crippen LogP contribution in [0.1, 0.15) is 12.8 Å². The molecule has 1 unspecified atom stereocenters. The van der Waals surface area contributed by atoms with Crippen LogP contribution in [0.25, 0.3) is 0 Å². The lowest BCUT2D eigenvalue weighted by Crippen LogP contribution is -2.39. The third kappa shape index (κ3) is 6.35. The minimum Gasteiger partial charge on any atom is -0.440 e. The first-order valence-corrected chi connectivity index (χ1v) is 5.53. The molecule has 0 aliphatic carbocycles. The Hall–Kier alpha value is -0.980. The van der Waals surface area contributed by atoms with Crippen molar-refractivity contribution in [3.63, 3.8) is 0 Å². The molecule has 100 valence electrons. The van der Waals surface area contributed by atoms with Crippen molar-refractivity contribution in [2.24, 2.45) is 5.92 Å². The topological polar surface area (TPSA) is 41.6 Å². The average Bonchev–Trinajstić information content (AvgIpc) is 2.23. The lowest BCUT2D eigenvalue weighted by Gasteiger charge is -2.29. The van der Waals surface area contributed by atoms with Crippen LogP contribution in [0, 0.1) is 5.92 Å². The first-order chi connectivity index (χ1) is 7.87. The molecule has 0 bridgehead atoms. The maximum absolute atomic E-state index is 11.8. The van der Waals surface area contributed by atoms with Gasteiger partial charge >= 0.3 is 12.3 Å². The molecule has 0 saturated carbocycles. The molecule has 0 radical (unpaired) electrons. The van der Waals surface area contributed by atoms with E-state index >= 15 is 0 Å². The first-order valence-electron chi connectivity index (χ1n) is 5.53. The Balaban J connectivity index is 2.15. The summed E-state index contributed by atoms with van der Waals surface area (Å²) in [7, 11) is 1.98. The molecule has 7 heteroatoms. The van der Waals surface area contributed by atoms with Gasteiger partial charge in [-0.15, -0.1) is 0 Å². The molecular formula is C10H17F3N2O2. The van der Waals surface area contributed by atoms with Crippen LogP contribution in [0.5, 0.6) is 0 Å². The van der Waals surface area contributed by atoms with Crippen molar-refractivity contribution < 1.29 is 22.7 Å². The minimum atomic E-state index is -4.47. The zero-order chi connectivity index (χ0) is 12.9. The van der Waals surface area contributed by atoms with Crippen molar-refractivity contribution in [2.75, 3.05) is 33.3 Å². The second-order valence-electron chi connectivity index (χ2n) is 4.34. The summed E-state index contributed by atoms with van der Waals surface area (Å²) in [6, 6.07) is 0. The number of hydrogen-bond donors (Lipinski definition) is 1. The highest BCUT2D eigenvalue weighted by atomic mass is 19.4. The molecule has 0 aromatic carbocycles. The maximum atomic E-state index is 11.8. The van der Waals surface area contributed by atoms with E-state index in [1.54, 1.807) is 0 Å². The number of piperidine rings is 1. The number of hydrogen-bond acceptors (Lipinski definition) is 3. The van der Waals surface area contributed by atoms with E-state index in [-0.39, 0.29) is 5.92 Å². The van der Waals surface area contributed by atoms with Crippen molar-refractivity contribution in [1.82, 2.24) is 10.2 Å². The number of nitrogens with one attached hydrogen (secondary N) is 1. The molecule has 0 aromatic rings. The summed E-state index contributed by atoms with van der Waals surface area (Å²) in [5.41, 5.74) is 0. The molecule has 1 fully saturated rings. The third-order valence-electron chi connectivity index (χ3n) is 2.62.